The van der Waals surface area contributed by atoms with Gasteiger partial charge in [-0.3, -0.25) is 4.57 Å². The van der Waals surface area contributed by atoms with E-state index in [1.165, 1.54) is 6.42 Å². The predicted octanol–water partition coefficient (Wildman–Crippen LogP) is 1.59. The monoisotopic (exact) mass is 313 g/mol. The van der Waals surface area contributed by atoms with Gasteiger partial charge >= 0.3 is 5.69 Å². The van der Waals surface area contributed by atoms with Crippen LogP contribution in [0.3, 0.4) is 0 Å². The van der Waals surface area contributed by atoms with Gasteiger partial charge in [0.25, 0.3) is 0 Å². The van der Waals surface area contributed by atoms with Crippen LogP contribution >= 0.6 is 0 Å². The molecule has 122 valence electrons. The number of para-hydroxylation sites is 1. The third-order valence-corrected chi connectivity index (χ3v) is 4.34. The average molecular weight is 313 g/mol. The number of hydrogen-bond acceptors (Lipinski definition) is 3. The first-order chi connectivity index (χ1) is 11.2. The Morgan fingerprint density at radius 1 is 1.22 bits per heavy atom. The molecule has 0 unspecified atom stereocenters. The van der Waals surface area contributed by atoms with E-state index in [9.17, 15) is 4.79 Å². The van der Waals surface area contributed by atoms with Gasteiger partial charge in [-0.05, 0) is 37.8 Å². The smallest absolute Gasteiger partial charge is 0.347 e. The highest BCUT2D eigenvalue weighted by Crippen LogP contribution is 2.19. The van der Waals surface area contributed by atoms with Crippen LogP contribution < -0.4 is 10.7 Å². The third kappa shape index (κ3) is 2.99. The van der Waals surface area contributed by atoms with E-state index in [0.29, 0.717) is 12.8 Å². The van der Waals surface area contributed by atoms with E-state index in [4.69, 9.17) is 5.11 Å². The molecule has 1 saturated heterocycles. The van der Waals surface area contributed by atoms with E-state index in [2.05, 4.69) is 16.8 Å². The number of nitrogens with zero attached hydrogens (tertiary/aromatic N) is 3. The molecule has 0 saturated carbocycles. The van der Waals surface area contributed by atoms with Crippen LogP contribution in [0.5, 0.6) is 0 Å². The highest BCUT2D eigenvalue weighted by Gasteiger charge is 2.19. The molecule has 3 rings (SSSR count). The summed E-state index contributed by atoms with van der Waals surface area (Å²) in [5.74, 6) is 6.24. The largest absolute Gasteiger partial charge is 0.396 e. The summed E-state index contributed by atoms with van der Waals surface area (Å²) >= 11 is 0. The topological polar surface area (TPSA) is 50.4 Å². The van der Waals surface area contributed by atoms with Gasteiger partial charge in [0.2, 0.25) is 0 Å². The number of aromatic nitrogens is 2. The Morgan fingerprint density at radius 3 is 2.74 bits per heavy atom. The molecule has 0 bridgehead atoms. The molecule has 0 radical (unpaired) electrons. The van der Waals surface area contributed by atoms with E-state index < -0.39 is 0 Å². The first kappa shape index (κ1) is 15.7. The Hall–Kier alpha value is -2.19. The quantitative estimate of drug-likeness (QED) is 0.691. The van der Waals surface area contributed by atoms with Crippen LogP contribution in [0.25, 0.3) is 11.0 Å². The van der Waals surface area contributed by atoms with Crippen molar-refractivity contribution >= 4 is 11.0 Å². The first-order valence-electron chi connectivity index (χ1n) is 8.29. The summed E-state index contributed by atoms with van der Waals surface area (Å²) in [4.78, 5) is 12.7. The number of hydrogen-bond donors (Lipinski definition) is 1. The maximum absolute atomic E-state index is 12.7. The highest BCUT2D eigenvalue weighted by atomic mass is 16.2. The number of rotatable bonds is 3. The fraction of sp³-hybridized carbons (Fsp3) is 0.500. The lowest BCUT2D eigenvalue weighted by Gasteiger charge is -2.29. The number of fused-ring (bicyclic) bond motifs is 1. The van der Waals surface area contributed by atoms with Crippen LogP contribution in [0.15, 0.2) is 23.0 Å². The number of piperidine rings is 1. The predicted molar refractivity (Wildman–Crippen MR) is 92.2 cm³/mol. The van der Waals surface area contributed by atoms with Crippen molar-refractivity contribution in [2.75, 3.05) is 24.7 Å². The molecule has 2 aromatic rings. The molecule has 0 spiro atoms. The van der Waals surface area contributed by atoms with Gasteiger partial charge in [-0.15, -0.1) is 0 Å². The Bertz CT molecular complexity index is 801. The fourth-order valence-corrected chi connectivity index (χ4v) is 3.17. The summed E-state index contributed by atoms with van der Waals surface area (Å²) in [6, 6.07) is 5.90. The van der Waals surface area contributed by atoms with Gasteiger partial charge in [0, 0.05) is 33.2 Å². The summed E-state index contributed by atoms with van der Waals surface area (Å²) in [5.41, 5.74) is 2.68. The third-order valence-electron chi connectivity index (χ3n) is 4.34. The molecule has 1 fully saturated rings. The zero-order chi connectivity index (χ0) is 16.2. The lowest BCUT2D eigenvalue weighted by molar-refractivity contribution is 0.290. The number of benzene rings is 1. The number of aliphatic hydroxyl groups is 1. The van der Waals surface area contributed by atoms with Crippen LogP contribution in [-0.2, 0) is 7.05 Å². The number of unbranched alkanes of at least 4 members (excludes halogenated alkanes) is 1. The normalized spacial score (nSPS) is 14.8. The van der Waals surface area contributed by atoms with Crippen molar-refractivity contribution in [1.82, 2.24) is 9.24 Å². The highest BCUT2D eigenvalue weighted by molar-refractivity contribution is 5.83. The van der Waals surface area contributed by atoms with Crippen LogP contribution in [-0.4, -0.2) is 34.0 Å². The second-order valence-corrected chi connectivity index (χ2v) is 5.97. The molecule has 1 aromatic heterocycles. The van der Waals surface area contributed by atoms with Crippen molar-refractivity contribution in [3.8, 4) is 11.8 Å². The van der Waals surface area contributed by atoms with Crippen LogP contribution in [0.4, 0.5) is 0 Å². The van der Waals surface area contributed by atoms with Gasteiger partial charge < -0.3 is 10.1 Å². The van der Waals surface area contributed by atoms with Crippen LogP contribution in [0.1, 0.15) is 37.7 Å². The Kier molecular flexibility index (Phi) is 4.73. The minimum absolute atomic E-state index is 0.00786. The van der Waals surface area contributed by atoms with Crippen molar-refractivity contribution < 1.29 is 5.11 Å². The SMILES string of the molecule is Cn1c(=O)n(N2CCCCC2)c2cccc(C#CCCCO)c21. The number of imidazole rings is 1. The molecule has 0 atom stereocenters. The minimum Gasteiger partial charge on any atom is -0.396 e. The molecule has 1 aliphatic heterocycles. The Balaban J connectivity index is 2.07. The van der Waals surface area contributed by atoms with Gasteiger partial charge in [0.1, 0.15) is 0 Å². The standard InChI is InChI=1S/C18H23N3O2/c1-19-17-15(9-4-2-7-14-22)10-8-11-16(17)21(18(19)23)20-12-5-3-6-13-20/h8,10-11,22H,2-3,5-7,12-14H2,1H3. The van der Waals surface area contributed by atoms with Gasteiger partial charge in [-0.25, -0.2) is 9.47 Å². The fourth-order valence-electron chi connectivity index (χ4n) is 3.17. The first-order valence-corrected chi connectivity index (χ1v) is 8.29. The number of aryl methyl sites for hydroxylation is 1. The summed E-state index contributed by atoms with van der Waals surface area (Å²) in [5, 5.41) is 11.0. The van der Waals surface area contributed by atoms with Crippen LogP contribution in [0, 0.1) is 11.8 Å². The van der Waals surface area contributed by atoms with Gasteiger partial charge in [-0.1, -0.05) is 17.9 Å². The van der Waals surface area contributed by atoms with Crippen molar-refractivity contribution in [3.63, 3.8) is 0 Å². The summed E-state index contributed by atoms with van der Waals surface area (Å²) in [6.07, 6.45) is 4.83. The molecule has 0 aliphatic carbocycles. The second kappa shape index (κ2) is 6.93. The van der Waals surface area contributed by atoms with Gasteiger partial charge in [0.15, 0.2) is 0 Å². The Labute approximate surface area is 136 Å². The lowest BCUT2D eigenvalue weighted by atomic mass is 10.1. The van der Waals surface area contributed by atoms with E-state index in [1.807, 2.05) is 29.9 Å². The molecule has 2 heterocycles. The summed E-state index contributed by atoms with van der Waals surface area (Å²) < 4.78 is 3.51. The van der Waals surface area contributed by atoms with Crippen LogP contribution in [0.2, 0.25) is 0 Å². The molecule has 1 aromatic carbocycles. The van der Waals surface area contributed by atoms with Crippen molar-refractivity contribution in [1.29, 1.82) is 0 Å². The number of aliphatic hydroxyl groups excluding tert-OH is 1. The maximum atomic E-state index is 12.7. The molecular formula is C18H23N3O2. The molecule has 1 N–H and O–H groups in total. The van der Waals surface area contributed by atoms with E-state index in [-0.39, 0.29) is 12.3 Å². The average Bonchev–Trinajstić information content (AvgIpc) is 2.84. The minimum atomic E-state index is -0.00786. The van der Waals surface area contributed by atoms with Crippen molar-refractivity contribution in [2.24, 2.45) is 7.05 Å². The van der Waals surface area contributed by atoms with Crippen molar-refractivity contribution in [3.05, 3.63) is 34.2 Å². The summed E-state index contributed by atoms with van der Waals surface area (Å²) in [6.45, 7) is 2.00. The maximum Gasteiger partial charge on any atom is 0.347 e. The van der Waals surface area contributed by atoms with Gasteiger partial charge in [-0.2, -0.15) is 0 Å². The second-order valence-electron chi connectivity index (χ2n) is 5.97. The molecular weight excluding hydrogens is 290 g/mol. The zero-order valence-corrected chi connectivity index (χ0v) is 13.6. The van der Waals surface area contributed by atoms with Crippen molar-refractivity contribution in [2.45, 2.75) is 32.1 Å². The van der Waals surface area contributed by atoms with E-state index in [0.717, 1.165) is 42.5 Å². The molecule has 5 nitrogen and oxygen atoms in total. The van der Waals surface area contributed by atoms with E-state index >= 15 is 0 Å². The molecule has 1 aliphatic rings. The molecule has 23 heavy (non-hydrogen) atoms. The molecule has 0 amide bonds. The Morgan fingerprint density at radius 2 is 2.00 bits per heavy atom. The molecule has 5 heteroatoms. The van der Waals surface area contributed by atoms with Gasteiger partial charge in [0.05, 0.1) is 16.6 Å². The summed E-state index contributed by atoms with van der Waals surface area (Å²) in [7, 11) is 1.81. The lowest BCUT2D eigenvalue weighted by Crippen LogP contribution is -2.45. The van der Waals surface area contributed by atoms with E-state index in [1.54, 1.807) is 4.57 Å². The zero-order valence-electron chi connectivity index (χ0n) is 13.6.